The summed E-state index contributed by atoms with van der Waals surface area (Å²) < 4.78 is 12.1. The molecule has 0 radical (unpaired) electrons. The highest BCUT2D eigenvalue weighted by Gasteiger charge is 2.73. The SMILES string of the molecule is CC(C)C1=C2[C@H]3CC[C@@H]4[C@@]5(C)CC[C@H](OC(=O)CC(C)(C)C(=O)OC(C)(C)C)C(C)(C)[C@]5(C)CC[C@@]4(C)[C@]3(C)CC[C@@]2([C@@H](O)CN2CCc3ccccc3C2)CC1=O. The molecule has 7 rings (SSSR count). The Hall–Kier alpha value is -2.51. The summed E-state index contributed by atoms with van der Waals surface area (Å²) in [6.45, 7) is 30.8. The fourth-order valence-corrected chi connectivity index (χ4v) is 14.6. The van der Waals surface area contributed by atoms with E-state index in [4.69, 9.17) is 9.47 Å². The Morgan fingerprint density at radius 1 is 0.862 bits per heavy atom. The number of hydrogen-bond donors (Lipinski definition) is 1. The van der Waals surface area contributed by atoms with Gasteiger partial charge in [0.2, 0.25) is 0 Å². The van der Waals surface area contributed by atoms with Gasteiger partial charge in [0.05, 0.1) is 17.9 Å². The lowest BCUT2D eigenvalue weighted by Crippen LogP contribution is -2.69. The predicted octanol–water partition coefficient (Wildman–Crippen LogP) is 10.4. The van der Waals surface area contributed by atoms with Gasteiger partial charge in [-0.05, 0) is 149 Å². The van der Waals surface area contributed by atoms with Crippen molar-refractivity contribution >= 4 is 17.7 Å². The lowest BCUT2D eigenvalue weighted by molar-refractivity contribution is -0.272. The van der Waals surface area contributed by atoms with Crippen molar-refractivity contribution in [1.29, 1.82) is 0 Å². The Balaban J connectivity index is 1.14. The summed E-state index contributed by atoms with van der Waals surface area (Å²) in [5, 5.41) is 12.5. The number of aliphatic hydroxyl groups excluding tert-OH is 1. The van der Waals surface area contributed by atoms with Gasteiger partial charge in [0.1, 0.15) is 11.7 Å². The Kier molecular flexibility index (Phi) is 10.7. The summed E-state index contributed by atoms with van der Waals surface area (Å²) in [7, 11) is 0. The van der Waals surface area contributed by atoms with E-state index in [0.717, 1.165) is 76.5 Å². The molecule has 9 atom stereocenters. The van der Waals surface area contributed by atoms with Gasteiger partial charge in [0.15, 0.2) is 5.78 Å². The number of aliphatic hydroxyl groups is 1. The van der Waals surface area contributed by atoms with Crippen molar-refractivity contribution in [3.05, 3.63) is 46.5 Å². The molecule has 322 valence electrons. The van der Waals surface area contributed by atoms with Crippen molar-refractivity contribution in [1.82, 2.24) is 4.90 Å². The number of hydrogen-bond acceptors (Lipinski definition) is 7. The summed E-state index contributed by atoms with van der Waals surface area (Å²) >= 11 is 0. The van der Waals surface area contributed by atoms with Crippen LogP contribution in [0.15, 0.2) is 35.4 Å². The first-order valence-corrected chi connectivity index (χ1v) is 22.9. The smallest absolute Gasteiger partial charge is 0.312 e. The Morgan fingerprint density at radius 2 is 1.52 bits per heavy atom. The van der Waals surface area contributed by atoms with Crippen LogP contribution in [0, 0.1) is 55.7 Å². The number of β-amino-alcohol motifs (C(OH)–C–C–N with tert-alkyl or cyclic N) is 1. The molecule has 0 spiro atoms. The molecule has 7 nitrogen and oxygen atoms in total. The molecule has 0 aromatic heterocycles. The number of rotatable bonds is 8. The minimum atomic E-state index is -0.982. The second-order valence-electron chi connectivity index (χ2n) is 23.6. The molecule has 1 aliphatic heterocycles. The van der Waals surface area contributed by atoms with Crippen LogP contribution in [0.2, 0.25) is 0 Å². The quantitative estimate of drug-likeness (QED) is 0.262. The molecule has 0 bridgehead atoms. The van der Waals surface area contributed by atoms with E-state index in [-0.39, 0.29) is 69.2 Å². The zero-order valence-electron chi connectivity index (χ0n) is 38.5. The summed E-state index contributed by atoms with van der Waals surface area (Å²) in [5.74, 6) is 0.454. The van der Waals surface area contributed by atoms with Crippen molar-refractivity contribution in [2.45, 2.75) is 185 Å². The highest BCUT2D eigenvalue weighted by Crippen LogP contribution is 2.79. The zero-order valence-corrected chi connectivity index (χ0v) is 38.5. The van der Waals surface area contributed by atoms with Gasteiger partial charge in [-0.25, -0.2) is 0 Å². The summed E-state index contributed by atoms with van der Waals surface area (Å²) in [6.07, 6.45) is 8.58. The fourth-order valence-electron chi connectivity index (χ4n) is 14.6. The van der Waals surface area contributed by atoms with Crippen molar-refractivity contribution < 1.29 is 29.0 Å². The number of nitrogens with zero attached hydrogens (tertiary/aromatic N) is 1. The summed E-state index contributed by atoms with van der Waals surface area (Å²) in [4.78, 5) is 43.4. The first kappa shape index (κ1) is 43.6. The second-order valence-corrected chi connectivity index (χ2v) is 23.6. The maximum absolute atomic E-state index is 14.3. The molecule has 0 amide bonds. The van der Waals surface area contributed by atoms with E-state index >= 15 is 0 Å². The molecule has 1 aromatic carbocycles. The van der Waals surface area contributed by atoms with Crippen LogP contribution in [0.3, 0.4) is 0 Å². The predicted molar refractivity (Wildman–Crippen MR) is 230 cm³/mol. The standard InChI is InChI=1S/C51H77NO6/c1-32(2)41-36(53)28-51(38(54)31-52-27-21-33-16-14-15-17-34(33)30-52)26-24-47(10)35(42(41)51)18-19-37-48(47,11)23-25-50(13)46(8,9)39(20-22-49(37,50)12)57-40(55)29-45(6,7)43(56)58-44(3,4)5/h14-17,32,35,37-39,54H,18-31H2,1-13H3/t35-,37+,38+,39+,47-,48-,49-,50+,51+/m1/s1. The number of allylic oxidation sites excluding steroid dienone is 1. The van der Waals surface area contributed by atoms with Crippen molar-refractivity contribution in [2.24, 2.45) is 55.7 Å². The molecular weight excluding hydrogens is 723 g/mol. The van der Waals surface area contributed by atoms with Gasteiger partial charge in [0.25, 0.3) is 0 Å². The molecule has 0 saturated heterocycles. The number of ketones is 1. The van der Waals surface area contributed by atoms with E-state index in [9.17, 15) is 19.5 Å². The average molecular weight is 800 g/mol. The van der Waals surface area contributed by atoms with Crippen molar-refractivity contribution in [3.63, 3.8) is 0 Å². The summed E-state index contributed by atoms with van der Waals surface area (Å²) in [6, 6.07) is 8.71. The van der Waals surface area contributed by atoms with Crippen LogP contribution in [0.5, 0.6) is 0 Å². The highest BCUT2D eigenvalue weighted by atomic mass is 16.6. The van der Waals surface area contributed by atoms with Crippen LogP contribution in [0.1, 0.15) is 165 Å². The molecule has 0 unspecified atom stereocenters. The first-order valence-electron chi connectivity index (χ1n) is 22.9. The van der Waals surface area contributed by atoms with Crippen molar-refractivity contribution in [3.8, 4) is 0 Å². The molecule has 6 aliphatic rings. The van der Waals surface area contributed by atoms with Gasteiger partial charge >= 0.3 is 11.9 Å². The third-order valence-corrected chi connectivity index (χ3v) is 18.6. The maximum Gasteiger partial charge on any atom is 0.312 e. The molecule has 5 aliphatic carbocycles. The van der Waals surface area contributed by atoms with Gasteiger partial charge in [-0.2, -0.15) is 0 Å². The number of Topliss-reactive ketones (excluding diaryl/α,β-unsaturated/α-hetero) is 1. The molecule has 1 aromatic rings. The monoisotopic (exact) mass is 800 g/mol. The molecular formula is C51H77NO6. The van der Waals surface area contributed by atoms with E-state index in [1.807, 2.05) is 20.8 Å². The maximum atomic E-state index is 14.3. The minimum absolute atomic E-state index is 0.00562. The van der Waals surface area contributed by atoms with Crippen LogP contribution in [0.4, 0.5) is 0 Å². The lowest BCUT2D eigenvalue weighted by Gasteiger charge is -2.75. The molecule has 4 fully saturated rings. The number of carbonyl (C=O) groups is 3. The summed E-state index contributed by atoms with van der Waals surface area (Å²) in [5.41, 5.74) is 2.76. The highest BCUT2D eigenvalue weighted by molar-refractivity contribution is 6.00. The molecule has 1 N–H and O–H groups in total. The normalized spacial score (nSPS) is 37.9. The second kappa shape index (κ2) is 14.3. The van der Waals surface area contributed by atoms with Gasteiger partial charge in [-0.1, -0.05) is 85.2 Å². The number of fused-ring (bicyclic) bond motifs is 8. The zero-order chi connectivity index (χ0) is 42.6. The third kappa shape index (κ3) is 6.51. The lowest BCUT2D eigenvalue weighted by atomic mass is 9.29. The first-order chi connectivity index (χ1) is 26.8. The number of ether oxygens (including phenoxy) is 2. The third-order valence-electron chi connectivity index (χ3n) is 18.6. The van der Waals surface area contributed by atoms with Crippen LogP contribution in [-0.4, -0.2) is 58.6 Å². The molecule has 4 saturated carbocycles. The number of esters is 2. The number of benzene rings is 1. The molecule has 58 heavy (non-hydrogen) atoms. The Labute approximate surface area is 350 Å². The van der Waals surface area contributed by atoms with E-state index in [2.05, 4.69) is 84.6 Å². The molecule has 7 heteroatoms. The Morgan fingerprint density at radius 3 is 2.17 bits per heavy atom. The van der Waals surface area contributed by atoms with E-state index in [1.54, 1.807) is 13.8 Å². The number of carbonyl (C=O) groups excluding carboxylic acids is 3. The topological polar surface area (TPSA) is 93.1 Å². The largest absolute Gasteiger partial charge is 0.462 e. The molecule has 1 heterocycles. The average Bonchev–Trinajstić information content (AvgIpc) is 3.44. The van der Waals surface area contributed by atoms with Crippen LogP contribution < -0.4 is 0 Å². The van der Waals surface area contributed by atoms with Crippen LogP contribution in [-0.2, 0) is 36.8 Å². The minimum Gasteiger partial charge on any atom is -0.462 e. The van der Waals surface area contributed by atoms with E-state index < -0.39 is 22.5 Å². The van der Waals surface area contributed by atoms with Crippen LogP contribution in [0.25, 0.3) is 0 Å². The van der Waals surface area contributed by atoms with Crippen LogP contribution >= 0.6 is 0 Å². The fraction of sp³-hybridized carbons (Fsp3) is 0.784. The van der Waals surface area contributed by atoms with Gasteiger partial charge in [-0.3, -0.25) is 19.3 Å². The van der Waals surface area contributed by atoms with Crippen molar-refractivity contribution in [2.75, 3.05) is 13.1 Å². The van der Waals surface area contributed by atoms with Gasteiger partial charge < -0.3 is 14.6 Å². The van der Waals surface area contributed by atoms with E-state index in [1.165, 1.54) is 16.7 Å². The van der Waals surface area contributed by atoms with Gasteiger partial charge in [0, 0.05) is 36.9 Å². The van der Waals surface area contributed by atoms with Gasteiger partial charge in [-0.15, -0.1) is 0 Å². The van der Waals surface area contributed by atoms with E-state index in [0.29, 0.717) is 18.9 Å². The Bertz CT molecular complexity index is 1850.